The lowest BCUT2D eigenvalue weighted by Crippen LogP contribution is -2.24. The molecule has 3 aromatic rings. The molecule has 3 rings (SSSR count). The predicted octanol–water partition coefficient (Wildman–Crippen LogP) is 3.67. The zero-order valence-electron chi connectivity index (χ0n) is 17.1. The van der Waals surface area contributed by atoms with Gasteiger partial charge in [0.1, 0.15) is 0 Å². The van der Waals surface area contributed by atoms with Crippen LogP contribution >= 0.6 is 23.4 Å². The first-order valence-electron chi connectivity index (χ1n) is 9.35. The fraction of sp³-hybridized carbons (Fsp3) is 0.182. The molecule has 0 unspecified atom stereocenters. The van der Waals surface area contributed by atoms with Gasteiger partial charge in [-0.15, -0.1) is 6.58 Å². The summed E-state index contributed by atoms with van der Waals surface area (Å²) in [6.45, 7) is 3.96. The van der Waals surface area contributed by atoms with Crippen molar-refractivity contribution in [2.24, 2.45) is 0 Å². The summed E-state index contributed by atoms with van der Waals surface area (Å²) in [5, 5.41) is 4.11. The normalized spacial score (nSPS) is 10.7. The van der Waals surface area contributed by atoms with Gasteiger partial charge in [0, 0.05) is 36.9 Å². The molecule has 0 fully saturated rings. The van der Waals surface area contributed by atoms with Crippen molar-refractivity contribution in [3.05, 3.63) is 76.1 Å². The lowest BCUT2D eigenvalue weighted by molar-refractivity contribution is -0.113. The number of carbonyl (C=O) groups is 2. The number of amides is 2. The maximum Gasteiger partial charge on any atom is 0.262 e. The van der Waals surface area contributed by atoms with Crippen LogP contribution in [0.3, 0.4) is 0 Å². The van der Waals surface area contributed by atoms with Crippen LogP contribution < -0.4 is 10.9 Å². The van der Waals surface area contributed by atoms with Crippen LogP contribution in [0, 0.1) is 0 Å². The van der Waals surface area contributed by atoms with Crippen molar-refractivity contribution in [3.8, 4) is 0 Å². The van der Waals surface area contributed by atoms with Crippen molar-refractivity contribution in [3.63, 3.8) is 0 Å². The number of fused-ring (bicyclic) bond motifs is 1. The van der Waals surface area contributed by atoms with E-state index in [9.17, 15) is 14.4 Å². The van der Waals surface area contributed by atoms with E-state index in [0.29, 0.717) is 32.3 Å². The fourth-order valence-corrected chi connectivity index (χ4v) is 3.83. The zero-order chi connectivity index (χ0) is 22.5. The van der Waals surface area contributed by atoms with Gasteiger partial charge in [-0.1, -0.05) is 29.4 Å². The van der Waals surface area contributed by atoms with Gasteiger partial charge in [0.15, 0.2) is 5.16 Å². The Bertz CT molecular complexity index is 1210. The Labute approximate surface area is 188 Å². The fourth-order valence-electron chi connectivity index (χ4n) is 2.86. The van der Waals surface area contributed by atoms with Crippen molar-refractivity contribution in [1.82, 2.24) is 14.5 Å². The van der Waals surface area contributed by atoms with Gasteiger partial charge in [0.05, 0.1) is 16.7 Å². The molecule has 0 radical (unpaired) electrons. The summed E-state index contributed by atoms with van der Waals surface area (Å²) < 4.78 is 1.48. The smallest absolute Gasteiger partial charge is 0.262 e. The summed E-state index contributed by atoms with van der Waals surface area (Å²) in [4.78, 5) is 43.2. The maximum atomic E-state index is 12.8. The van der Waals surface area contributed by atoms with E-state index >= 15 is 0 Å². The second-order valence-corrected chi connectivity index (χ2v) is 8.25. The molecule has 7 nitrogen and oxygen atoms in total. The third kappa shape index (κ3) is 5.34. The number of benzene rings is 2. The molecule has 1 aromatic heterocycles. The van der Waals surface area contributed by atoms with Gasteiger partial charge in [-0.2, -0.15) is 0 Å². The van der Waals surface area contributed by atoms with Crippen molar-refractivity contribution >= 4 is 51.8 Å². The number of hydrogen-bond donors (Lipinski definition) is 1. The van der Waals surface area contributed by atoms with Gasteiger partial charge < -0.3 is 10.2 Å². The molecule has 31 heavy (non-hydrogen) atoms. The zero-order valence-corrected chi connectivity index (χ0v) is 18.7. The van der Waals surface area contributed by atoms with E-state index in [1.54, 1.807) is 62.6 Å². The largest absolute Gasteiger partial charge is 0.345 e. The second kappa shape index (κ2) is 9.80. The van der Waals surface area contributed by atoms with Crippen LogP contribution in [0.5, 0.6) is 0 Å². The topological polar surface area (TPSA) is 84.3 Å². The average molecular weight is 457 g/mol. The molecular formula is C22H21ClN4O3S. The highest BCUT2D eigenvalue weighted by Crippen LogP contribution is 2.21. The van der Waals surface area contributed by atoms with Gasteiger partial charge in [-0.3, -0.25) is 19.0 Å². The minimum atomic E-state index is -0.262. The van der Waals surface area contributed by atoms with Crippen molar-refractivity contribution in [1.29, 1.82) is 0 Å². The Morgan fingerprint density at radius 2 is 1.94 bits per heavy atom. The van der Waals surface area contributed by atoms with Gasteiger partial charge in [0.25, 0.3) is 11.5 Å². The minimum absolute atomic E-state index is 0.0496. The monoisotopic (exact) mass is 456 g/mol. The van der Waals surface area contributed by atoms with Crippen molar-refractivity contribution in [2.75, 3.05) is 25.2 Å². The quantitative estimate of drug-likeness (QED) is 0.333. The van der Waals surface area contributed by atoms with E-state index in [2.05, 4.69) is 16.9 Å². The van der Waals surface area contributed by atoms with Crippen LogP contribution in [0.2, 0.25) is 5.02 Å². The summed E-state index contributed by atoms with van der Waals surface area (Å²) in [6.07, 6.45) is 1.60. The molecular weight excluding hydrogens is 436 g/mol. The number of hydrogen-bond acceptors (Lipinski definition) is 5. The molecule has 160 valence electrons. The Hall–Kier alpha value is -3.10. The molecule has 0 atom stereocenters. The molecule has 9 heteroatoms. The lowest BCUT2D eigenvalue weighted by atomic mass is 10.2. The van der Waals surface area contributed by atoms with E-state index in [1.807, 2.05) is 0 Å². The summed E-state index contributed by atoms with van der Waals surface area (Å²) >= 11 is 7.18. The predicted molar refractivity (Wildman–Crippen MR) is 125 cm³/mol. The third-order valence-electron chi connectivity index (χ3n) is 4.35. The average Bonchev–Trinajstić information content (AvgIpc) is 2.74. The number of thioether (sulfide) groups is 1. The Morgan fingerprint density at radius 3 is 2.58 bits per heavy atom. The molecule has 0 aliphatic carbocycles. The molecule has 0 saturated heterocycles. The number of nitrogens with zero attached hydrogens (tertiary/aromatic N) is 3. The molecule has 1 N–H and O–H groups in total. The summed E-state index contributed by atoms with van der Waals surface area (Å²) in [5.41, 5.74) is 1.36. The first kappa shape index (κ1) is 22.6. The number of allylic oxidation sites excluding steroid dienone is 1. The molecule has 0 spiro atoms. The van der Waals surface area contributed by atoms with Crippen LogP contribution in [0.4, 0.5) is 5.69 Å². The summed E-state index contributed by atoms with van der Waals surface area (Å²) in [5.74, 6) is -0.327. The highest BCUT2D eigenvalue weighted by Gasteiger charge is 2.14. The third-order valence-corrected chi connectivity index (χ3v) is 5.56. The van der Waals surface area contributed by atoms with Gasteiger partial charge in [-0.05, 0) is 42.5 Å². The van der Waals surface area contributed by atoms with Crippen LogP contribution in [-0.2, 0) is 11.3 Å². The van der Waals surface area contributed by atoms with Gasteiger partial charge in [-0.25, -0.2) is 4.98 Å². The number of aromatic nitrogens is 2. The van der Waals surface area contributed by atoms with E-state index < -0.39 is 0 Å². The van der Waals surface area contributed by atoms with Gasteiger partial charge in [0.2, 0.25) is 5.91 Å². The van der Waals surface area contributed by atoms with Crippen LogP contribution in [-0.4, -0.2) is 46.1 Å². The van der Waals surface area contributed by atoms with E-state index in [-0.39, 0.29) is 29.7 Å². The van der Waals surface area contributed by atoms with E-state index in [4.69, 9.17) is 11.6 Å². The molecule has 0 bridgehead atoms. The van der Waals surface area contributed by atoms with Crippen molar-refractivity contribution < 1.29 is 9.59 Å². The van der Waals surface area contributed by atoms with E-state index in [1.165, 1.54) is 9.47 Å². The number of rotatable bonds is 7. The van der Waals surface area contributed by atoms with Crippen molar-refractivity contribution in [2.45, 2.75) is 11.7 Å². The number of halogens is 1. The highest BCUT2D eigenvalue weighted by molar-refractivity contribution is 7.99. The lowest BCUT2D eigenvalue weighted by Gasteiger charge is -2.12. The Kier molecular flexibility index (Phi) is 7.14. The molecule has 0 aliphatic rings. The molecule has 2 amide bonds. The summed E-state index contributed by atoms with van der Waals surface area (Å²) in [7, 11) is 3.35. The minimum Gasteiger partial charge on any atom is -0.345 e. The Balaban J connectivity index is 1.75. The van der Waals surface area contributed by atoms with Crippen LogP contribution in [0.1, 0.15) is 10.4 Å². The number of anilines is 1. The van der Waals surface area contributed by atoms with E-state index in [0.717, 1.165) is 11.8 Å². The van der Waals surface area contributed by atoms with Crippen LogP contribution in [0.25, 0.3) is 10.9 Å². The molecule has 0 saturated carbocycles. The van der Waals surface area contributed by atoms with Crippen LogP contribution in [0.15, 0.2) is 65.1 Å². The maximum absolute atomic E-state index is 12.8. The number of carbonyl (C=O) groups excluding carboxylic acids is 2. The molecule has 1 heterocycles. The standard InChI is InChI=1S/C22H21ClN4O3S/c1-4-11-27-21(30)17-10-7-15(23)12-18(17)25-22(27)31-13-19(28)24-16-8-5-14(6-9-16)20(29)26(2)3/h4-10,12H,1,11,13H2,2-3H3,(H,24,28). The first-order valence-corrected chi connectivity index (χ1v) is 10.7. The highest BCUT2D eigenvalue weighted by atomic mass is 35.5. The second-order valence-electron chi connectivity index (χ2n) is 6.87. The first-order chi connectivity index (χ1) is 14.8. The SMILES string of the molecule is C=CCn1c(SCC(=O)Nc2ccc(C(=O)N(C)C)cc2)nc2cc(Cl)ccc2c1=O. The Morgan fingerprint density at radius 1 is 1.23 bits per heavy atom. The molecule has 2 aromatic carbocycles. The number of nitrogens with one attached hydrogen (secondary N) is 1. The summed E-state index contributed by atoms with van der Waals surface area (Å²) in [6, 6.07) is 11.5. The van der Waals surface area contributed by atoms with Gasteiger partial charge >= 0.3 is 0 Å². The molecule has 0 aliphatic heterocycles.